The van der Waals surface area contributed by atoms with Gasteiger partial charge in [0.25, 0.3) is 0 Å². The predicted molar refractivity (Wildman–Crippen MR) is 122 cm³/mol. The molecule has 0 saturated carbocycles. The van der Waals surface area contributed by atoms with E-state index in [1.54, 1.807) is 0 Å². The Morgan fingerprint density at radius 3 is 1.04 bits per heavy atom. The van der Waals surface area contributed by atoms with Crippen LogP contribution in [0.15, 0.2) is 0 Å². The van der Waals surface area contributed by atoms with E-state index in [-0.39, 0.29) is 0 Å². The topological polar surface area (TPSA) is 13.0 Å². The fraction of sp³-hybridized carbons (Fsp3) is 1.00. The minimum Gasteiger partial charge on any atom is -0.297 e. The van der Waals surface area contributed by atoms with Gasteiger partial charge in [-0.1, -0.05) is 72.6 Å². The Hall–Kier alpha value is -0.160. The molecule has 0 atom stereocenters. The van der Waals surface area contributed by atoms with Gasteiger partial charge in [0.2, 0.25) is 0 Å². The quantitative estimate of drug-likeness (QED) is 0.311. The first-order valence-corrected chi connectivity index (χ1v) is 11.0. The van der Waals surface area contributed by atoms with Crippen molar-refractivity contribution in [3.05, 3.63) is 0 Å². The molecule has 0 rings (SSSR count). The second-order valence-electron chi connectivity index (χ2n) is 7.72. The van der Waals surface area contributed by atoms with Crippen LogP contribution in [0.2, 0.25) is 0 Å². The third-order valence-electron chi connectivity index (χ3n) is 3.84. The number of unbranched alkanes of at least 4 members (excludes halogenated alkanes) is 6. The molecule has 0 aromatic rings. The number of hydrogen-bond donors (Lipinski definition) is 0. The molecular formula is C22H54N4. The predicted octanol–water partition coefficient (Wildman–Crippen LogP) is 5.06. The highest BCUT2D eigenvalue weighted by atomic mass is 15.3. The Kier molecular flexibility index (Phi) is 29.2. The summed E-state index contributed by atoms with van der Waals surface area (Å²) in [5.74, 6) is 0. The summed E-state index contributed by atoms with van der Waals surface area (Å²) in [7, 11) is 12.8. The molecule has 0 amide bonds. The molecular weight excluding hydrogens is 320 g/mol. The van der Waals surface area contributed by atoms with Gasteiger partial charge in [-0.3, -0.25) is 19.6 Å². The summed E-state index contributed by atoms with van der Waals surface area (Å²) < 4.78 is 0. The van der Waals surface area contributed by atoms with Crippen molar-refractivity contribution in [3.8, 4) is 0 Å². The summed E-state index contributed by atoms with van der Waals surface area (Å²) >= 11 is 0. The lowest BCUT2D eigenvalue weighted by Crippen LogP contribution is -2.34. The van der Waals surface area contributed by atoms with Crippen molar-refractivity contribution in [2.75, 3.05) is 68.7 Å². The summed E-state index contributed by atoms with van der Waals surface area (Å²) in [6.45, 7) is 12.9. The average molecular weight is 375 g/mol. The van der Waals surface area contributed by atoms with Gasteiger partial charge in [-0.05, 0) is 48.7 Å². The minimum atomic E-state index is 1.04. The Morgan fingerprint density at radius 2 is 0.769 bits per heavy atom. The van der Waals surface area contributed by atoms with E-state index in [4.69, 9.17) is 0 Å². The van der Waals surface area contributed by atoms with Crippen molar-refractivity contribution in [2.45, 2.75) is 79.1 Å². The van der Waals surface area contributed by atoms with E-state index < -0.39 is 0 Å². The maximum atomic E-state index is 2.35. The van der Waals surface area contributed by atoms with E-state index in [2.05, 4.69) is 75.7 Å². The van der Waals surface area contributed by atoms with Gasteiger partial charge < -0.3 is 0 Å². The SMILES string of the molecule is CC.CCCCCCCCC.CN(C)CN(C)CCCN(C)CN(C)C. The molecule has 0 bridgehead atoms. The molecule has 4 nitrogen and oxygen atoms in total. The molecule has 0 aliphatic carbocycles. The molecule has 0 spiro atoms. The molecule has 0 heterocycles. The highest BCUT2D eigenvalue weighted by molar-refractivity contribution is 4.54. The normalized spacial score (nSPS) is 10.8. The summed E-state index contributed by atoms with van der Waals surface area (Å²) in [4.78, 5) is 9.10. The van der Waals surface area contributed by atoms with Crippen LogP contribution in [-0.2, 0) is 0 Å². The Morgan fingerprint density at radius 1 is 0.462 bits per heavy atom. The lowest BCUT2D eigenvalue weighted by atomic mass is 10.1. The maximum Gasteiger partial charge on any atom is 0.0497 e. The highest BCUT2D eigenvalue weighted by Gasteiger charge is 2.02. The first kappa shape index (κ1) is 30.6. The largest absolute Gasteiger partial charge is 0.297 e. The van der Waals surface area contributed by atoms with Gasteiger partial charge in [-0.15, -0.1) is 0 Å². The van der Waals surface area contributed by atoms with Crippen LogP contribution < -0.4 is 0 Å². The zero-order valence-electron chi connectivity index (χ0n) is 20.3. The Labute approximate surface area is 167 Å². The van der Waals surface area contributed by atoms with Crippen molar-refractivity contribution >= 4 is 0 Å². The molecule has 162 valence electrons. The van der Waals surface area contributed by atoms with E-state index >= 15 is 0 Å². The van der Waals surface area contributed by atoms with Gasteiger partial charge in [0.05, 0.1) is 0 Å². The fourth-order valence-electron chi connectivity index (χ4n) is 2.75. The van der Waals surface area contributed by atoms with E-state index in [0.29, 0.717) is 0 Å². The van der Waals surface area contributed by atoms with Crippen LogP contribution in [0.5, 0.6) is 0 Å². The summed E-state index contributed by atoms with van der Waals surface area (Å²) in [6, 6.07) is 0. The second-order valence-corrected chi connectivity index (χ2v) is 7.72. The van der Waals surface area contributed by atoms with Gasteiger partial charge in [-0.25, -0.2) is 0 Å². The molecule has 26 heavy (non-hydrogen) atoms. The molecule has 0 aliphatic heterocycles. The average Bonchev–Trinajstić information content (AvgIpc) is 2.56. The zero-order valence-corrected chi connectivity index (χ0v) is 20.3. The molecule has 4 heteroatoms. The lowest BCUT2D eigenvalue weighted by Gasteiger charge is -2.24. The van der Waals surface area contributed by atoms with E-state index in [0.717, 1.165) is 26.4 Å². The molecule has 0 fully saturated rings. The third-order valence-corrected chi connectivity index (χ3v) is 3.84. The summed E-state index contributed by atoms with van der Waals surface area (Å²) in [6.07, 6.45) is 11.2. The van der Waals surface area contributed by atoms with Crippen LogP contribution in [0.4, 0.5) is 0 Å². The van der Waals surface area contributed by atoms with E-state index in [1.807, 2.05) is 13.8 Å². The van der Waals surface area contributed by atoms with Crippen LogP contribution in [-0.4, -0.2) is 88.3 Å². The fourth-order valence-corrected chi connectivity index (χ4v) is 2.75. The monoisotopic (exact) mass is 374 g/mol. The van der Waals surface area contributed by atoms with E-state index in [9.17, 15) is 0 Å². The van der Waals surface area contributed by atoms with Crippen molar-refractivity contribution in [2.24, 2.45) is 0 Å². The van der Waals surface area contributed by atoms with Gasteiger partial charge in [-0.2, -0.15) is 0 Å². The van der Waals surface area contributed by atoms with Crippen molar-refractivity contribution < 1.29 is 0 Å². The molecule has 0 saturated heterocycles. The van der Waals surface area contributed by atoms with E-state index in [1.165, 1.54) is 51.4 Å². The molecule has 0 N–H and O–H groups in total. The van der Waals surface area contributed by atoms with Crippen molar-refractivity contribution in [1.82, 2.24) is 19.6 Å². The zero-order chi connectivity index (χ0) is 20.8. The first-order chi connectivity index (χ1) is 12.3. The van der Waals surface area contributed by atoms with Gasteiger partial charge in [0.1, 0.15) is 0 Å². The van der Waals surface area contributed by atoms with Gasteiger partial charge in [0.15, 0.2) is 0 Å². The molecule has 0 aromatic carbocycles. The molecule has 0 aromatic heterocycles. The van der Waals surface area contributed by atoms with Crippen molar-refractivity contribution in [1.29, 1.82) is 0 Å². The van der Waals surface area contributed by atoms with Crippen LogP contribution in [0.25, 0.3) is 0 Å². The summed E-state index contributed by atoms with van der Waals surface area (Å²) in [5.41, 5.74) is 0. The molecule has 0 unspecified atom stereocenters. The standard InChI is InChI=1S/C11H28N4.C9H20.C2H6/c1-12(2)10-14(5)8-7-9-15(6)11-13(3)4;1-3-5-7-9-8-6-4-2;1-2/h7-11H2,1-6H3;3-9H2,1-2H3;1-2H3. The molecule has 0 aliphatic rings. The lowest BCUT2D eigenvalue weighted by molar-refractivity contribution is 0.178. The Balaban J connectivity index is -0.000000411. The van der Waals surface area contributed by atoms with Crippen LogP contribution in [0, 0.1) is 0 Å². The van der Waals surface area contributed by atoms with Crippen LogP contribution in [0.3, 0.4) is 0 Å². The maximum absolute atomic E-state index is 2.35. The summed E-state index contributed by atoms with van der Waals surface area (Å²) in [5, 5.41) is 0. The van der Waals surface area contributed by atoms with Crippen molar-refractivity contribution in [3.63, 3.8) is 0 Å². The second kappa shape index (κ2) is 24.8. The smallest absolute Gasteiger partial charge is 0.0497 e. The van der Waals surface area contributed by atoms with Gasteiger partial charge in [0, 0.05) is 26.4 Å². The highest BCUT2D eigenvalue weighted by Crippen LogP contribution is 2.05. The third kappa shape index (κ3) is 31.6. The number of rotatable bonds is 14. The first-order valence-electron chi connectivity index (χ1n) is 11.0. The number of nitrogens with zero attached hydrogens (tertiary/aromatic N) is 4. The van der Waals surface area contributed by atoms with Gasteiger partial charge >= 0.3 is 0 Å². The minimum absolute atomic E-state index is 1.04. The van der Waals surface area contributed by atoms with Crippen LogP contribution in [0.1, 0.15) is 79.1 Å². The molecule has 0 radical (unpaired) electrons. The Bertz CT molecular complexity index is 210. The van der Waals surface area contributed by atoms with Crippen LogP contribution >= 0.6 is 0 Å². The number of hydrogen-bond acceptors (Lipinski definition) is 4.